The average molecular weight is 182 g/mol. The van der Waals surface area contributed by atoms with Crippen molar-refractivity contribution in [1.82, 2.24) is 9.80 Å². The van der Waals surface area contributed by atoms with Gasteiger partial charge in [-0.1, -0.05) is 0 Å². The van der Waals surface area contributed by atoms with Gasteiger partial charge >= 0.3 is 0 Å². The van der Waals surface area contributed by atoms with Crippen LogP contribution in [0, 0.1) is 5.92 Å². The number of likely N-dealkylation sites (tertiary alicyclic amines) is 2. The number of hydrogen-bond donors (Lipinski definition) is 0. The first kappa shape index (κ1) is 8.53. The molecule has 2 amide bonds. The minimum absolute atomic E-state index is 0.0760. The summed E-state index contributed by atoms with van der Waals surface area (Å²) in [6.07, 6.45) is 1.62. The van der Waals surface area contributed by atoms with Crippen molar-refractivity contribution in [2.24, 2.45) is 5.92 Å². The highest BCUT2D eigenvalue weighted by atomic mass is 16.2. The van der Waals surface area contributed by atoms with Crippen LogP contribution in [0.2, 0.25) is 0 Å². The second kappa shape index (κ2) is 3.01. The molecule has 1 unspecified atom stereocenters. The van der Waals surface area contributed by atoms with Crippen molar-refractivity contribution in [3.8, 4) is 0 Å². The molecular weight excluding hydrogens is 168 g/mol. The lowest BCUT2D eigenvalue weighted by Crippen LogP contribution is -2.54. The predicted octanol–water partition coefficient (Wildman–Crippen LogP) is -0.303. The fourth-order valence-electron chi connectivity index (χ4n) is 2.00. The monoisotopic (exact) mass is 182 g/mol. The van der Waals surface area contributed by atoms with Gasteiger partial charge in [-0.25, -0.2) is 0 Å². The van der Waals surface area contributed by atoms with Gasteiger partial charge in [0.05, 0.1) is 5.92 Å². The molecule has 0 aromatic rings. The third-order valence-corrected chi connectivity index (χ3v) is 2.83. The van der Waals surface area contributed by atoms with Gasteiger partial charge in [0.25, 0.3) is 0 Å². The molecule has 2 fully saturated rings. The van der Waals surface area contributed by atoms with Crippen LogP contribution in [0.4, 0.5) is 0 Å². The fourth-order valence-corrected chi connectivity index (χ4v) is 2.00. The minimum atomic E-state index is 0.0760. The van der Waals surface area contributed by atoms with Crippen LogP contribution < -0.4 is 0 Å². The molecule has 2 rings (SSSR count). The van der Waals surface area contributed by atoms with Crippen LogP contribution in [0.15, 0.2) is 0 Å². The summed E-state index contributed by atoms with van der Waals surface area (Å²) in [4.78, 5) is 26.0. The van der Waals surface area contributed by atoms with Crippen molar-refractivity contribution >= 4 is 11.8 Å². The summed E-state index contributed by atoms with van der Waals surface area (Å²) in [7, 11) is 1.80. The van der Waals surface area contributed by atoms with Crippen LogP contribution in [0.25, 0.3) is 0 Å². The number of hydrogen-bond acceptors (Lipinski definition) is 2. The van der Waals surface area contributed by atoms with Crippen LogP contribution in [-0.4, -0.2) is 48.3 Å². The van der Waals surface area contributed by atoms with Crippen molar-refractivity contribution in [3.05, 3.63) is 0 Å². The summed E-state index contributed by atoms with van der Waals surface area (Å²) < 4.78 is 0. The highest BCUT2D eigenvalue weighted by Crippen LogP contribution is 2.19. The zero-order valence-electron chi connectivity index (χ0n) is 7.82. The molecule has 0 radical (unpaired) electrons. The van der Waals surface area contributed by atoms with E-state index in [9.17, 15) is 9.59 Å². The third kappa shape index (κ3) is 1.41. The molecule has 0 spiro atoms. The Balaban J connectivity index is 1.85. The Morgan fingerprint density at radius 3 is 2.69 bits per heavy atom. The Bertz CT molecular complexity index is 252. The van der Waals surface area contributed by atoms with Crippen molar-refractivity contribution in [2.75, 3.05) is 26.7 Å². The third-order valence-electron chi connectivity index (χ3n) is 2.83. The van der Waals surface area contributed by atoms with E-state index in [2.05, 4.69) is 0 Å². The molecule has 4 nitrogen and oxygen atoms in total. The average Bonchev–Trinajstić information content (AvgIpc) is 2.51. The molecule has 2 aliphatic heterocycles. The molecule has 4 heteroatoms. The molecule has 0 saturated carbocycles. The maximum Gasteiger partial charge on any atom is 0.229 e. The summed E-state index contributed by atoms with van der Waals surface area (Å²) in [5, 5.41) is 0. The Hall–Kier alpha value is -1.06. The van der Waals surface area contributed by atoms with Crippen LogP contribution in [0.1, 0.15) is 12.8 Å². The highest BCUT2D eigenvalue weighted by Gasteiger charge is 2.36. The topological polar surface area (TPSA) is 40.6 Å². The van der Waals surface area contributed by atoms with E-state index in [1.807, 2.05) is 4.90 Å². The van der Waals surface area contributed by atoms with Crippen LogP contribution in [0.3, 0.4) is 0 Å². The van der Waals surface area contributed by atoms with Gasteiger partial charge in [-0.2, -0.15) is 0 Å². The number of β-lactam (4-membered cyclic amide) rings is 1. The largest absolute Gasteiger partial charge is 0.345 e. The molecule has 0 bridgehead atoms. The van der Waals surface area contributed by atoms with Gasteiger partial charge in [0.15, 0.2) is 0 Å². The van der Waals surface area contributed by atoms with Gasteiger partial charge in [-0.3, -0.25) is 9.59 Å². The first-order valence-electron chi connectivity index (χ1n) is 4.71. The Kier molecular flexibility index (Phi) is 1.98. The van der Waals surface area contributed by atoms with Crippen LogP contribution >= 0.6 is 0 Å². The summed E-state index contributed by atoms with van der Waals surface area (Å²) in [5.74, 6) is 0.467. The fraction of sp³-hybridized carbons (Fsp3) is 0.778. The normalized spacial score (nSPS) is 28.2. The summed E-state index contributed by atoms with van der Waals surface area (Å²) >= 11 is 0. The molecule has 1 atom stereocenters. The van der Waals surface area contributed by atoms with E-state index in [0.29, 0.717) is 13.0 Å². The van der Waals surface area contributed by atoms with E-state index in [1.54, 1.807) is 11.9 Å². The lowest BCUT2D eigenvalue weighted by atomic mass is 9.99. The first-order chi connectivity index (χ1) is 6.18. The summed E-state index contributed by atoms with van der Waals surface area (Å²) in [6.45, 7) is 2.29. The van der Waals surface area contributed by atoms with Crippen molar-refractivity contribution in [1.29, 1.82) is 0 Å². The lowest BCUT2D eigenvalue weighted by Gasteiger charge is -2.37. The molecule has 2 heterocycles. The second-order valence-corrected chi connectivity index (χ2v) is 3.86. The smallest absolute Gasteiger partial charge is 0.229 e. The van der Waals surface area contributed by atoms with E-state index in [0.717, 1.165) is 19.5 Å². The van der Waals surface area contributed by atoms with Crippen molar-refractivity contribution < 1.29 is 9.59 Å². The van der Waals surface area contributed by atoms with E-state index >= 15 is 0 Å². The van der Waals surface area contributed by atoms with Gasteiger partial charge in [0, 0.05) is 33.1 Å². The van der Waals surface area contributed by atoms with Crippen molar-refractivity contribution in [3.63, 3.8) is 0 Å². The Morgan fingerprint density at radius 1 is 1.46 bits per heavy atom. The number of nitrogens with zero attached hydrogens (tertiary/aromatic N) is 2. The van der Waals surface area contributed by atoms with Gasteiger partial charge < -0.3 is 9.80 Å². The quantitative estimate of drug-likeness (QED) is 0.550. The number of carbonyl (C=O) groups excluding carboxylic acids is 2. The first-order valence-corrected chi connectivity index (χ1v) is 4.71. The van der Waals surface area contributed by atoms with Gasteiger partial charge in [0.2, 0.25) is 11.8 Å². The molecule has 2 aliphatic rings. The molecule has 13 heavy (non-hydrogen) atoms. The van der Waals surface area contributed by atoms with Gasteiger partial charge in [0.1, 0.15) is 0 Å². The van der Waals surface area contributed by atoms with E-state index in [4.69, 9.17) is 0 Å². The Labute approximate surface area is 77.5 Å². The molecular formula is C9H14N2O2. The van der Waals surface area contributed by atoms with Crippen molar-refractivity contribution in [2.45, 2.75) is 12.8 Å². The zero-order valence-corrected chi connectivity index (χ0v) is 7.82. The number of rotatable bonds is 2. The molecule has 0 aromatic heterocycles. The maximum atomic E-state index is 11.2. The summed E-state index contributed by atoms with van der Waals surface area (Å²) in [6, 6.07) is 0. The van der Waals surface area contributed by atoms with Gasteiger partial charge in [-0.05, 0) is 6.42 Å². The standard InChI is InChI=1S/C9H14N2O2/c1-10-5-7(9(10)13)6-11-4-2-3-8(11)12/h7H,2-6H2,1H3. The minimum Gasteiger partial charge on any atom is -0.345 e. The summed E-state index contributed by atoms with van der Waals surface area (Å²) in [5.41, 5.74) is 0. The molecule has 2 saturated heterocycles. The van der Waals surface area contributed by atoms with Crippen LogP contribution in [-0.2, 0) is 9.59 Å². The second-order valence-electron chi connectivity index (χ2n) is 3.86. The molecule has 72 valence electrons. The van der Waals surface area contributed by atoms with E-state index in [-0.39, 0.29) is 17.7 Å². The maximum absolute atomic E-state index is 11.2. The van der Waals surface area contributed by atoms with E-state index in [1.165, 1.54) is 0 Å². The lowest BCUT2D eigenvalue weighted by molar-refractivity contribution is -0.147. The predicted molar refractivity (Wildman–Crippen MR) is 46.9 cm³/mol. The number of carbonyl (C=O) groups is 2. The molecule has 0 aliphatic carbocycles. The zero-order chi connectivity index (χ0) is 9.42. The Morgan fingerprint density at radius 2 is 2.23 bits per heavy atom. The van der Waals surface area contributed by atoms with Gasteiger partial charge in [-0.15, -0.1) is 0 Å². The van der Waals surface area contributed by atoms with E-state index < -0.39 is 0 Å². The highest BCUT2D eigenvalue weighted by molar-refractivity contribution is 5.85. The number of amides is 2. The SMILES string of the molecule is CN1CC(CN2CCCC2=O)C1=O. The molecule has 0 aromatic carbocycles. The van der Waals surface area contributed by atoms with Crippen LogP contribution in [0.5, 0.6) is 0 Å². The molecule has 0 N–H and O–H groups in total.